The van der Waals surface area contributed by atoms with Gasteiger partial charge in [0.1, 0.15) is 5.78 Å². The predicted molar refractivity (Wildman–Crippen MR) is 113 cm³/mol. The Labute approximate surface area is 175 Å². The SMILES string of the molecule is C#C[C@H]1C[C@@H]2[C@H](CC[C@]3(C)C(=O)CC[C@@H]23)[C@@]2(C)CCC(NO[C@@H]3CCNC3)=CC12. The molecule has 0 spiro atoms. The van der Waals surface area contributed by atoms with Gasteiger partial charge in [0, 0.05) is 30.0 Å². The van der Waals surface area contributed by atoms with Crippen molar-refractivity contribution >= 4 is 5.78 Å². The number of fused-ring (bicyclic) bond motifs is 5. The van der Waals surface area contributed by atoms with Crippen LogP contribution in [-0.2, 0) is 9.63 Å². The molecule has 0 aromatic heterocycles. The van der Waals surface area contributed by atoms with Crippen molar-refractivity contribution in [1.29, 1.82) is 0 Å². The Morgan fingerprint density at radius 1 is 1.21 bits per heavy atom. The fourth-order valence-electron chi connectivity index (χ4n) is 7.86. The molecule has 1 unspecified atom stereocenters. The summed E-state index contributed by atoms with van der Waals surface area (Å²) in [5, 5.41) is 3.35. The number of hydrogen-bond acceptors (Lipinski definition) is 4. The lowest BCUT2D eigenvalue weighted by molar-refractivity contribution is -0.137. The number of carbonyl (C=O) groups excluding carboxylic acids is 1. The summed E-state index contributed by atoms with van der Waals surface area (Å²) in [6, 6.07) is 0. The van der Waals surface area contributed by atoms with Crippen LogP contribution < -0.4 is 10.8 Å². The van der Waals surface area contributed by atoms with Crippen molar-refractivity contribution in [3.8, 4) is 12.3 Å². The zero-order valence-corrected chi connectivity index (χ0v) is 18.0. The van der Waals surface area contributed by atoms with Gasteiger partial charge in [-0.1, -0.05) is 19.9 Å². The second-order valence-electron chi connectivity index (χ2n) is 10.9. The number of allylic oxidation sites excluding steroid dienone is 2. The van der Waals surface area contributed by atoms with Crippen molar-refractivity contribution < 1.29 is 9.63 Å². The standard InChI is InChI=1S/C25H36N2O2/c1-4-16-13-19-20-5-6-23(28)25(20,3)11-8-21(19)24(2)10-7-17(14-22(16)24)27-29-18-9-12-26-15-18/h1,14,16,18-22,26-27H,5-13,15H2,2-3H3/t16-,18+,19-,20-,21-,22?,24+,25-/m0/s1. The third-order valence-electron chi connectivity index (χ3n) is 9.61. The third kappa shape index (κ3) is 3.00. The van der Waals surface area contributed by atoms with Gasteiger partial charge in [-0.3, -0.25) is 15.1 Å². The van der Waals surface area contributed by atoms with Crippen LogP contribution in [0.1, 0.15) is 65.2 Å². The van der Waals surface area contributed by atoms with Crippen molar-refractivity contribution in [2.75, 3.05) is 13.1 Å². The molecule has 158 valence electrons. The minimum Gasteiger partial charge on any atom is -0.314 e. The fraction of sp³-hybridized carbons (Fsp3) is 0.800. The van der Waals surface area contributed by atoms with Gasteiger partial charge in [-0.2, -0.15) is 0 Å². The van der Waals surface area contributed by atoms with Crippen molar-refractivity contribution in [3.63, 3.8) is 0 Å². The van der Waals surface area contributed by atoms with Crippen LogP contribution in [0.5, 0.6) is 0 Å². The average molecular weight is 397 g/mol. The number of Topliss-reactive ketones (excluding diaryl/α,β-unsaturated/α-hetero) is 1. The lowest BCUT2D eigenvalue weighted by Crippen LogP contribution is -2.55. The van der Waals surface area contributed by atoms with Crippen LogP contribution in [0.25, 0.3) is 0 Å². The monoisotopic (exact) mass is 396 g/mol. The summed E-state index contributed by atoms with van der Waals surface area (Å²) >= 11 is 0. The van der Waals surface area contributed by atoms with Gasteiger partial charge in [-0.15, -0.1) is 12.3 Å². The number of hydrogen-bond donors (Lipinski definition) is 2. The molecule has 0 bridgehead atoms. The van der Waals surface area contributed by atoms with Gasteiger partial charge in [0.2, 0.25) is 0 Å². The zero-order valence-electron chi connectivity index (χ0n) is 18.0. The molecule has 0 radical (unpaired) electrons. The second kappa shape index (κ2) is 7.13. The minimum atomic E-state index is -0.0795. The lowest BCUT2D eigenvalue weighted by atomic mass is 9.44. The largest absolute Gasteiger partial charge is 0.314 e. The molecule has 4 aliphatic carbocycles. The molecule has 0 aromatic carbocycles. The van der Waals surface area contributed by atoms with Crippen molar-refractivity contribution in [1.82, 2.24) is 10.8 Å². The highest BCUT2D eigenvalue weighted by Gasteiger charge is 2.61. The predicted octanol–water partition coefficient (Wildman–Crippen LogP) is 3.83. The first-order valence-corrected chi connectivity index (χ1v) is 11.8. The fourth-order valence-corrected chi connectivity index (χ4v) is 7.86. The molecule has 4 fully saturated rings. The Morgan fingerprint density at radius 3 is 2.83 bits per heavy atom. The number of rotatable bonds is 3. The molecule has 8 atom stereocenters. The zero-order chi connectivity index (χ0) is 20.2. The molecule has 0 aromatic rings. The molecule has 1 heterocycles. The van der Waals surface area contributed by atoms with E-state index in [-0.39, 0.29) is 22.9 Å². The van der Waals surface area contributed by atoms with Crippen LogP contribution in [0.2, 0.25) is 0 Å². The van der Waals surface area contributed by atoms with Gasteiger partial charge < -0.3 is 5.32 Å². The molecular formula is C25H36N2O2. The van der Waals surface area contributed by atoms with E-state index < -0.39 is 0 Å². The van der Waals surface area contributed by atoms with Gasteiger partial charge in [0.15, 0.2) is 0 Å². The average Bonchev–Trinajstić information content (AvgIpc) is 3.34. The summed E-state index contributed by atoms with van der Waals surface area (Å²) in [6.07, 6.45) is 17.3. The molecule has 5 aliphatic rings. The first kappa shape index (κ1) is 19.6. The van der Waals surface area contributed by atoms with Crippen molar-refractivity contribution in [2.45, 2.75) is 71.3 Å². The summed E-state index contributed by atoms with van der Waals surface area (Å²) in [5.41, 5.74) is 4.67. The Bertz CT molecular complexity index is 748. The number of nitrogens with one attached hydrogen (secondary N) is 2. The maximum atomic E-state index is 12.7. The normalized spacial score (nSPS) is 48.9. The van der Waals surface area contributed by atoms with Gasteiger partial charge in [-0.05, 0) is 80.6 Å². The van der Waals surface area contributed by atoms with Crippen LogP contribution in [0.3, 0.4) is 0 Å². The Kier molecular flexibility index (Phi) is 4.83. The van der Waals surface area contributed by atoms with Gasteiger partial charge >= 0.3 is 0 Å². The molecular weight excluding hydrogens is 360 g/mol. The van der Waals surface area contributed by atoms with Gasteiger partial charge in [0.25, 0.3) is 0 Å². The summed E-state index contributed by atoms with van der Waals surface area (Å²) in [6.45, 7) is 6.71. The first-order valence-electron chi connectivity index (χ1n) is 11.8. The van der Waals surface area contributed by atoms with Crippen LogP contribution in [-0.4, -0.2) is 25.0 Å². The maximum Gasteiger partial charge on any atom is 0.139 e. The number of ketones is 1. The summed E-state index contributed by atoms with van der Waals surface area (Å²) in [7, 11) is 0. The Balaban J connectivity index is 1.38. The molecule has 4 heteroatoms. The molecule has 3 saturated carbocycles. The minimum absolute atomic E-state index is 0.0795. The molecule has 4 nitrogen and oxygen atoms in total. The topological polar surface area (TPSA) is 50.4 Å². The number of hydroxylamine groups is 1. The smallest absolute Gasteiger partial charge is 0.139 e. The van der Waals surface area contributed by atoms with E-state index in [1.807, 2.05) is 0 Å². The molecule has 1 aliphatic heterocycles. The third-order valence-corrected chi connectivity index (χ3v) is 9.61. The van der Waals surface area contributed by atoms with E-state index >= 15 is 0 Å². The van der Waals surface area contributed by atoms with Crippen molar-refractivity contribution in [2.24, 2.45) is 40.4 Å². The molecule has 2 N–H and O–H groups in total. The highest BCUT2D eigenvalue weighted by atomic mass is 16.7. The maximum absolute atomic E-state index is 12.7. The van der Waals surface area contributed by atoms with Gasteiger partial charge in [-0.25, -0.2) is 0 Å². The molecule has 0 amide bonds. The highest BCUT2D eigenvalue weighted by Crippen LogP contribution is 2.66. The molecule has 5 rings (SSSR count). The van der Waals surface area contributed by atoms with E-state index in [9.17, 15) is 4.79 Å². The van der Waals surface area contributed by atoms with Gasteiger partial charge in [0.05, 0.1) is 6.10 Å². The van der Waals surface area contributed by atoms with Crippen LogP contribution in [0.15, 0.2) is 11.8 Å². The van der Waals surface area contributed by atoms with E-state index in [1.165, 1.54) is 18.5 Å². The molecule has 29 heavy (non-hydrogen) atoms. The van der Waals surface area contributed by atoms with Crippen LogP contribution in [0.4, 0.5) is 0 Å². The van der Waals surface area contributed by atoms with Crippen LogP contribution in [0, 0.1) is 52.8 Å². The Morgan fingerprint density at radius 2 is 2.07 bits per heavy atom. The summed E-state index contributed by atoms with van der Waals surface area (Å²) in [4.78, 5) is 18.6. The quantitative estimate of drug-likeness (QED) is 0.562. The summed E-state index contributed by atoms with van der Waals surface area (Å²) < 4.78 is 0. The van der Waals surface area contributed by atoms with E-state index in [4.69, 9.17) is 11.3 Å². The van der Waals surface area contributed by atoms with E-state index in [1.54, 1.807) is 0 Å². The Hall–Kier alpha value is -1.31. The number of carbonyl (C=O) groups is 1. The van der Waals surface area contributed by atoms with Crippen LogP contribution >= 0.6 is 0 Å². The van der Waals surface area contributed by atoms with Crippen molar-refractivity contribution in [3.05, 3.63) is 11.8 Å². The first-order chi connectivity index (χ1) is 14.0. The van der Waals surface area contributed by atoms with E-state index in [0.29, 0.717) is 29.5 Å². The second-order valence-corrected chi connectivity index (χ2v) is 10.9. The summed E-state index contributed by atoms with van der Waals surface area (Å²) in [5.74, 6) is 6.23. The van der Waals surface area contributed by atoms with E-state index in [0.717, 1.165) is 51.6 Å². The lowest BCUT2D eigenvalue weighted by Gasteiger charge is -2.60. The highest BCUT2D eigenvalue weighted by molar-refractivity contribution is 5.87. The molecule has 1 saturated heterocycles. The van der Waals surface area contributed by atoms with E-state index in [2.05, 4.69) is 36.6 Å². The number of terminal acetylenes is 1.